The molecule has 7 heteroatoms. The van der Waals surface area contributed by atoms with Gasteiger partial charge in [-0.1, -0.05) is 0 Å². The van der Waals surface area contributed by atoms with Gasteiger partial charge in [0.25, 0.3) is 10.0 Å². The summed E-state index contributed by atoms with van der Waals surface area (Å²) in [6.07, 6.45) is 3.76. The average Bonchev–Trinajstić information content (AvgIpc) is 2.72. The van der Waals surface area contributed by atoms with Crippen LogP contribution in [0.15, 0.2) is 17.6 Å². The number of aromatic amines is 1. The first-order chi connectivity index (χ1) is 6.62. The van der Waals surface area contributed by atoms with Crippen molar-refractivity contribution in [3.05, 3.63) is 12.5 Å². The molecule has 0 aromatic carbocycles. The van der Waals surface area contributed by atoms with Crippen LogP contribution in [0.4, 0.5) is 0 Å². The van der Waals surface area contributed by atoms with Crippen LogP contribution in [0.2, 0.25) is 0 Å². The summed E-state index contributed by atoms with van der Waals surface area (Å²) < 4.78 is 25.1. The van der Waals surface area contributed by atoms with E-state index in [9.17, 15) is 8.42 Å². The quantitative estimate of drug-likeness (QED) is 0.695. The molecule has 14 heavy (non-hydrogen) atoms. The van der Waals surface area contributed by atoms with Crippen molar-refractivity contribution in [3.8, 4) is 0 Å². The largest absolute Gasteiger partial charge is 0.335 e. The molecule has 1 aromatic rings. The third-order valence-corrected chi connectivity index (χ3v) is 4.16. The fourth-order valence-electron chi connectivity index (χ4n) is 1.58. The van der Waals surface area contributed by atoms with E-state index >= 15 is 0 Å². The van der Waals surface area contributed by atoms with Gasteiger partial charge < -0.3 is 10.7 Å². The Morgan fingerprint density at radius 1 is 1.64 bits per heavy atom. The minimum Gasteiger partial charge on any atom is -0.335 e. The number of hydrogen-bond donors (Lipinski definition) is 2. The van der Waals surface area contributed by atoms with Gasteiger partial charge >= 0.3 is 0 Å². The fourth-order valence-corrected chi connectivity index (χ4v) is 3.05. The van der Waals surface area contributed by atoms with Crippen LogP contribution in [0.25, 0.3) is 0 Å². The first-order valence-corrected chi connectivity index (χ1v) is 5.82. The Kier molecular flexibility index (Phi) is 2.30. The molecule has 2 heterocycles. The molecular weight excluding hydrogens is 204 g/mol. The maximum Gasteiger partial charge on any atom is 0.261 e. The molecule has 1 saturated heterocycles. The Bertz CT molecular complexity index is 399. The number of H-pyrrole nitrogens is 1. The number of nitrogens with two attached hydrogens (primary N) is 1. The Hall–Kier alpha value is -0.920. The van der Waals surface area contributed by atoms with Crippen LogP contribution < -0.4 is 5.73 Å². The van der Waals surface area contributed by atoms with Gasteiger partial charge in [0.05, 0.1) is 18.7 Å². The molecule has 6 nitrogen and oxygen atoms in total. The standard InChI is InChI=1S/C7H12N4O2S/c8-6-2-1-3-11(6)14(12,13)7-4-9-5-10-7/h4-6H,1-3,8H2,(H,9,10). The molecule has 1 aliphatic heterocycles. The van der Waals surface area contributed by atoms with Crippen molar-refractivity contribution in [2.45, 2.75) is 24.0 Å². The lowest BCUT2D eigenvalue weighted by Crippen LogP contribution is -2.41. The summed E-state index contributed by atoms with van der Waals surface area (Å²) in [5.74, 6) is 0. The predicted molar refractivity (Wildman–Crippen MR) is 49.7 cm³/mol. The van der Waals surface area contributed by atoms with Gasteiger partial charge in [-0.15, -0.1) is 0 Å². The lowest BCUT2D eigenvalue weighted by molar-refractivity contribution is 0.394. The molecule has 1 atom stereocenters. The monoisotopic (exact) mass is 216 g/mol. The molecule has 1 aliphatic rings. The highest BCUT2D eigenvalue weighted by molar-refractivity contribution is 7.89. The summed E-state index contributed by atoms with van der Waals surface area (Å²) in [6.45, 7) is 0.489. The Labute approximate surface area is 82.2 Å². The summed E-state index contributed by atoms with van der Waals surface area (Å²) in [4.78, 5) is 6.26. The van der Waals surface area contributed by atoms with Crippen LogP contribution in [0.3, 0.4) is 0 Å². The zero-order valence-corrected chi connectivity index (χ0v) is 8.37. The maximum atomic E-state index is 11.9. The van der Waals surface area contributed by atoms with Gasteiger partial charge in [0.2, 0.25) is 0 Å². The molecule has 2 rings (SSSR count). The molecule has 0 aliphatic carbocycles. The molecule has 78 valence electrons. The van der Waals surface area contributed by atoms with E-state index in [-0.39, 0.29) is 5.03 Å². The molecule has 0 spiro atoms. The topological polar surface area (TPSA) is 92.1 Å². The molecule has 1 fully saturated rings. The molecule has 1 unspecified atom stereocenters. The van der Waals surface area contributed by atoms with Gasteiger partial charge in [0.1, 0.15) is 0 Å². The number of nitrogens with zero attached hydrogens (tertiary/aromatic N) is 2. The minimum absolute atomic E-state index is 0.106. The summed E-state index contributed by atoms with van der Waals surface area (Å²) in [7, 11) is -3.45. The molecule has 1 aromatic heterocycles. The second-order valence-electron chi connectivity index (χ2n) is 3.24. The highest BCUT2D eigenvalue weighted by Crippen LogP contribution is 2.21. The summed E-state index contributed by atoms with van der Waals surface area (Å²) in [6, 6.07) is 0. The highest BCUT2D eigenvalue weighted by Gasteiger charge is 2.33. The van der Waals surface area contributed by atoms with Crippen LogP contribution >= 0.6 is 0 Å². The lowest BCUT2D eigenvalue weighted by atomic mass is 10.3. The second-order valence-corrected chi connectivity index (χ2v) is 5.10. The van der Waals surface area contributed by atoms with Gasteiger partial charge in [-0.2, -0.15) is 4.31 Å². The fraction of sp³-hybridized carbons (Fsp3) is 0.571. The smallest absolute Gasteiger partial charge is 0.261 e. The molecule has 0 saturated carbocycles. The third kappa shape index (κ3) is 1.43. The van der Waals surface area contributed by atoms with Gasteiger partial charge in [-0.05, 0) is 12.8 Å². The number of sulfonamides is 1. The maximum absolute atomic E-state index is 11.9. The predicted octanol–water partition coefficient (Wildman–Crippen LogP) is -0.521. The summed E-state index contributed by atoms with van der Waals surface area (Å²) in [5, 5.41) is 0.106. The van der Waals surface area contributed by atoms with Crippen LogP contribution in [-0.4, -0.2) is 35.4 Å². The number of aromatic nitrogens is 2. The average molecular weight is 216 g/mol. The third-order valence-electron chi connectivity index (χ3n) is 2.31. The zero-order valence-electron chi connectivity index (χ0n) is 7.55. The van der Waals surface area contributed by atoms with Crippen molar-refractivity contribution in [1.82, 2.24) is 14.3 Å². The van der Waals surface area contributed by atoms with Gasteiger partial charge in [-0.3, -0.25) is 0 Å². The zero-order chi connectivity index (χ0) is 10.2. The minimum atomic E-state index is -3.45. The van der Waals surface area contributed by atoms with Gasteiger partial charge in [-0.25, -0.2) is 13.4 Å². The van der Waals surface area contributed by atoms with Crippen LogP contribution in [-0.2, 0) is 10.0 Å². The number of imidazole rings is 1. The molecule has 0 amide bonds. The lowest BCUT2D eigenvalue weighted by Gasteiger charge is -2.19. The van der Waals surface area contributed by atoms with E-state index in [1.54, 1.807) is 0 Å². The molecular formula is C7H12N4O2S. The van der Waals surface area contributed by atoms with E-state index in [0.29, 0.717) is 13.0 Å². The van der Waals surface area contributed by atoms with Crippen molar-refractivity contribution in [2.75, 3.05) is 6.54 Å². The normalized spacial score (nSPS) is 24.2. The second kappa shape index (κ2) is 3.34. The van der Waals surface area contributed by atoms with Crippen molar-refractivity contribution >= 4 is 10.0 Å². The van der Waals surface area contributed by atoms with E-state index in [0.717, 1.165) is 6.42 Å². The van der Waals surface area contributed by atoms with E-state index in [1.165, 1.54) is 16.8 Å². The molecule has 0 radical (unpaired) electrons. The highest BCUT2D eigenvalue weighted by atomic mass is 32.2. The van der Waals surface area contributed by atoms with E-state index in [1.807, 2.05) is 0 Å². The SMILES string of the molecule is NC1CCCN1S(=O)(=O)c1cnc[nH]1. The Morgan fingerprint density at radius 3 is 2.93 bits per heavy atom. The van der Waals surface area contributed by atoms with Crippen molar-refractivity contribution in [3.63, 3.8) is 0 Å². The number of nitrogens with one attached hydrogen (secondary N) is 1. The van der Waals surface area contributed by atoms with E-state index < -0.39 is 16.2 Å². The van der Waals surface area contributed by atoms with Crippen LogP contribution in [0, 0.1) is 0 Å². The number of rotatable bonds is 2. The Morgan fingerprint density at radius 2 is 2.43 bits per heavy atom. The number of hydrogen-bond acceptors (Lipinski definition) is 4. The van der Waals surface area contributed by atoms with Crippen LogP contribution in [0.1, 0.15) is 12.8 Å². The molecule has 0 bridgehead atoms. The Balaban J connectivity index is 2.33. The molecule has 3 N–H and O–H groups in total. The first kappa shape index (κ1) is 9.63. The van der Waals surface area contributed by atoms with Gasteiger partial charge in [0, 0.05) is 6.54 Å². The van der Waals surface area contributed by atoms with E-state index in [2.05, 4.69) is 9.97 Å². The first-order valence-electron chi connectivity index (χ1n) is 4.38. The van der Waals surface area contributed by atoms with E-state index in [4.69, 9.17) is 5.73 Å². The van der Waals surface area contributed by atoms with Crippen LogP contribution in [0.5, 0.6) is 0 Å². The van der Waals surface area contributed by atoms with Crippen molar-refractivity contribution in [2.24, 2.45) is 5.73 Å². The summed E-state index contributed by atoms with van der Waals surface area (Å²) in [5.41, 5.74) is 5.68. The summed E-state index contributed by atoms with van der Waals surface area (Å²) >= 11 is 0. The van der Waals surface area contributed by atoms with Crippen molar-refractivity contribution < 1.29 is 8.42 Å². The van der Waals surface area contributed by atoms with Crippen molar-refractivity contribution in [1.29, 1.82) is 0 Å². The van der Waals surface area contributed by atoms with Gasteiger partial charge in [0.15, 0.2) is 5.03 Å².